The quantitative estimate of drug-likeness (QED) is 0.730. The van der Waals surface area contributed by atoms with Gasteiger partial charge in [-0.2, -0.15) is 0 Å². The van der Waals surface area contributed by atoms with Gasteiger partial charge in [0.2, 0.25) is 0 Å². The van der Waals surface area contributed by atoms with Crippen molar-refractivity contribution in [2.45, 2.75) is 46.5 Å². The Bertz CT molecular complexity index is 727. The van der Waals surface area contributed by atoms with Crippen LogP contribution in [-0.4, -0.2) is 56.1 Å². The highest BCUT2D eigenvalue weighted by Gasteiger charge is 2.48. The number of nitrogens with one attached hydrogen (secondary N) is 1. The lowest BCUT2D eigenvalue weighted by atomic mass is 9.69. The molecule has 1 atom stereocenters. The van der Waals surface area contributed by atoms with E-state index in [1.54, 1.807) is 0 Å². The molecule has 1 saturated heterocycles. The van der Waals surface area contributed by atoms with Crippen LogP contribution in [0, 0.1) is 17.3 Å². The van der Waals surface area contributed by atoms with Gasteiger partial charge in [0.25, 0.3) is 0 Å². The Morgan fingerprint density at radius 1 is 1.25 bits per heavy atom. The molecule has 0 amide bonds. The van der Waals surface area contributed by atoms with E-state index in [4.69, 9.17) is 9.47 Å². The summed E-state index contributed by atoms with van der Waals surface area (Å²) in [5.41, 5.74) is 3.47. The van der Waals surface area contributed by atoms with Crippen LogP contribution in [0.25, 0.3) is 0 Å². The maximum atomic E-state index is 13.1. The first kappa shape index (κ1) is 19.6. The fraction of sp³-hybridized carbons (Fsp3) is 0.727. The van der Waals surface area contributed by atoms with Crippen molar-refractivity contribution in [2.75, 3.05) is 39.5 Å². The number of rotatable bonds is 5. The van der Waals surface area contributed by atoms with E-state index in [9.17, 15) is 9.59 Å². The molecule has 0 spiro atoms. The number of ether oxygens (including phenoxy) is 2. The third-order valence-corrected chi connectivity index (χ3v) is 6.24. The first-order valence-electron chi connectivity index (χ1n) is 10.6. The predicted octanol–water partition coefficient (Wildman–Crippen LogP) is 2.41. The summed E-state index contributed by atoms with van der Waals surface area (Å²) in [4.78, 5) is 28.4. The molecule has 1 saturated carbocycles. The van der Waals surface area contributed by atoms with Gasteiger partial charge in [-0.25, -0.2) is 4.79 Å². The van der Waals surface area contributed by atoms with E-state index in [0.717, 1.165) is 49.3 Å². The van der Waals surface area contributed by atoms with E-state index in [0.29, 0.717) is 44.3 Å². The molecule has 0 aromatic rings. The van der Waals surface area contributed by atoms with Gasteiger partial charge < -0.3 is 14.8 Å². The standard InChI is InChI=1S/C22H32N2O4/c1-4-28-21(26)20-16(13-24-7-9-27-10-8-24)23-15-11-22(2,3)12-17(25)19(15)18(20)14-5-6-14/h14,18,23H,4-13H2,1-3H3. The Labute approximate surface area is 167 Å². The Morgan fingerprint density at radius 3 is 2.61 bits per heavy atom. The van der Waals surface area contributed by atoms with Crippen molar-refractivity contribution >= 4 is 11.8 Å². The average Bonchev–Trinajstić information content (AvgIpc) is 3.45. The molecule has 4 rings (SSSR count). The predicted molar refractivity (Wildman–Crippen MR) is 105 cm³/mol. The Hall–Kier alpha value is -1.66. The van der Waals surface area contributed by atoms with E-state index in [1.807, 2.05) is 6.92 Å². The van der Waals surface area contributed by atoms with Crippen LogP contribution >= 0.6 is 0 Å². The highest BCUT2D eigenvalue weighted by molar-refractivity contribution is 6.02. The number of Topliss-reactive ketones (excluding diaryl/α,β-unsaturated/α-hetero) is 1. The second kappa shape index (κ2) is 7.64. The molecule has 6 nitrogen and oxygen atoms in total. The highest BCUT2D eigenvalue weighted by Crippen LogP contribution is 2.51. The molecule has 2 fully saturated rings. The van der Waals surface area contributed by atoms with E-state index in [1.165, 1.54) is 0 Å². The van der Waals surface area contributed by atoms with Crippen LogP contribution in [0.3, 0.4) is 0 Å². The first-order valence-corrected chi connectivity index (χ1v) is 10.6. The number of ketones is 1. The van der Waals surface area contributed by atoms with Crippen molar-refractivity contribution in [3.63, 3.8) is 0 Å². The van der Waals surface area contributed by atoms with Gasteiger partial charge in [-0.1, -0.05) is 13.8 Å². The van der Waals surface area contributed by atoms with Crippen molar-refractivity contribution in [3.8, 4) is 0 Å². The number of esters is 1. The lowest BCUT2D eigenvalue weighted by molar-refractivity contribution is -0.139. The van der Waals surface area contributed by atoms with Crippen LogP contribution < -0.4 is 5.32 Å². The average molecular weight is 389 g/mol. The second-order valence-corrected chi connectivity index (χ2v) is 9.27. The van der Waals surface area contributed by atoms with Crippen molar-refractivity contribution in [2.24, 2.45) is 17.3 Å². The van der Waals surface area contributed by atoms with Crippen LogP contribution in [-0.2, 0) is 19.1 Å². The molecule has 1 unspecified atom stereocenters. The van der Waals surface area contributed by atoms with Gasteiger partial charge in [0, 0.05) is 48.9 Å². The monoisotopic (exact) mass is 388 g/mol. The number of allylic oxidation sites excluding steroid dienone is 2. The molecule has 154 valence electrons. The van der Waals surface area contributed by atoms with Gasteiger partial charge in [-0.15, -0.1) is 0 Å². The summed E-state index contributed by atoms with van der Waals surface area (Å²) in [5.74, 6) is 0.216. The summed E-state index contributed by atoms with van der Waals surface area (Å²) in [5, 5.41) is 3.55. The molecule has 0 aromatic heterocycles. The van der Waals surface area contributed by atoms with Gasteiger partial charge in [0.1, 0.15) is 0 Å². The van der Waals surface area contributed by atoms with Crippen LogP contribution in [0.15, 0.2) is 22.5 Å². The summed E-state index contributed by atoms with van der Waals surface area (Å²) in [6.45, 7) is 10.3. The highest BCUT2D eigenvalue weighted by atomic mass is 16.5. The third-order valence-electron chi connectivity index (χ3n) is 6.24. The summed E-state index contributed by atoms with van der Waals surface area (Å²) in [7, 11) is 0. The maximum absolute atomic E-state index is 13.1. The number of hydrogen-bond acceptors (Lipinski definition) is 6. The molecule has 28 heavy (non-hydrogen) atoms. The van der Waals surface area contributed by atoms with Crippen molar-refractivity contribution in [1.82, 2.24) is 10.2 Å². The molecular formula is C22H32N2O4. The lowest BCUT2D eigenvalue weighted by Gasteiger charge is -2.41. The molecule has 1 N–H and O–H groups in total. The van der Waals surface area contributed by atoms with Gasteiger partial charge in [-0.3, -0.25) is 9.69 Å². The Balaban J connectivity index is 1.72. The van der Waals surface area contributed by atoms with E-state index in [2.05, 4.69) is 24.1 Å². The van der Waals surface area contributed by atoms with E-state index >= 15 is 0 Å². The zero-order chi connectivity index (χ0) is 19.9. The number of hydrogen-bond donors (Lipinski definition) is 1. The fourth-order valence-electron chi connectivity index (χ4n) is 4.86. The number of nitrogens with zero attached hydrogens (tertiary/aromatic N) is 1. The molecular weight excluding hydrogens is 356 g/mol. The molecule has 6 heteroatoms. The lowest BCUT2D eigenvalue weighted by Crippen LogP contribution is -2.45. The molecule has 0 aromatic carbocycles. The van der Waals surface area contributed by atoms with Crippen LogP contribution in [0.2, 0.25) is 0 Å². The minimum absolute atomic E-state index is 0.0531. The minimum Gasteiger partial charge on any atom is -0.463 e. The smallest absolute Gasteiger partial charge is 0.336 e. The number of morpholine rings is 1. The van der Waals surface area contributed by atoms with Gasteiger partial charge >= 0.3 is 5.97 Å². The molecule has 2 heterocycles. The fourth-order valence-corrected chi connectivity index (χ4v) is 4.86. The SMILES string of the molecule is CCOC(=O)C1=C(CN2CCOCC2)NC2=C(C(=O)CC(C)(C)C2)C1C1CC1. The zero-order valence-electron chi connectivity index (χ0n) is 17.3. The minimum atomic E-state index is -0.264. The molecule has 0 bridgehead atoms. The summed E-state index contributed by atoms with van der Waals surface area (Å²) in [6, 6.07) is 0. The topological polar surface area (TPSA) is 67.9 Å². The molecule has 2 aliphatic heterocycles. The number of dihydropyridines is 1. The van der Waals surface area contributed by atoms with Crippen molar-refractivity contribution in [3.05, 3.63) is 22.5 Å². The summed E-state index contributed by atoms with van der Waals surface area (Å²) in [6.07, 6.45) is 3.55. The van der Waals surface area contributed by atoms with Gasteiger partial charge in [-0.05, 0) is 37.5 Å². The van der Waals surface area contributed by atoms with E-state index < -0.39 is 0 Å². The van der Waals surface area contributed by atoms with Crippen molar-refractivity contribution in [1.29, 1.82) is 0 Å². The molecule has 2 aliphatic carbocycles. The molecule has 0 radical (unpaired) electrons. The summed E-state index contributed by atoms with van der Waals surface area (Å²) >= 11 is 0. The largest absolute Gasteiger partial charge is 0.463 e. The van der Waals surface area contributed by atoms with E-state index in [-0.39, 0.29) is 23.1 Å². The van der Waals surface area contributed by atoms with Crippen LogP contribution in [0.5, 0.6) is 0 Å². The maximum Gasteiger partial charge on any atom is 0.336 e. The normalized spacial score (nSPS) is 28.1. The Morgan fingerprint density at radius 2 is 1.96 bits per heavy atom. The van der Waals surface area contributed by atoms with Crippen molar-refractivity contribution < 1.29 is 19.1 Å². The zero-order valence-corrected chi connectivity index (χ0v) is 17.3. The number of carbonyl (C=O) groups excluding carboxylic acids is 2. The first-order chi connectivity index (χ1) is 13.4. The summed E-state index contributed by atoms with van der Waals surface area (Å²) < 4.78 is 10.9. The third kappa shape index (κ3) is 3.90. The Kier molecular flexibility index (Phi) is 5.36. The second-order valence-electron chi connectivity index (χ2n) is 9.27. The van der Waals surface area contributed by atoms with Gasteiger partial charge in [0.05, 0.1) is 25.4 Å². The molecule has 4 aliphatic rings. The van der Waals surface area contributed by atoms with Gasteiger partial charge in [0.15, 0.2) is 5.78 Å². The van der Waals surface area contributed by atoms with Crippen LogP contribution in [0.1, 0.15) is 46.5 Å². The van der Waals surface area contributed by atoms with Crippen LogP contribution in [0.4, 0.5) is 0 Å². The number of carbonyl (C=O) groups is 2.